The van der Waals surface area contributed by atoms with E-state index in [1.807, 2.05) is 17.2 Å². The van der Waals surface area contributed by atoms with Gasteiger partial charge in [-0.05, 0) is 50.6 Å². The largest absolute Gasteiger partial charge is 0.342 e. The lowest BCUT2D eigenvalue weighted by Crippen LogP contribution is -2.43. The Labute approximate surface area is 120 Å². The van der Waals surface area contributed by atoms with Crippen LogP contribution in [0.15, 0.2) is 12.3 Å². The van der Waals surface area contributed by atoms with Crippen LogP contribution in [-0.4, -0.2) is 58.6 Å². The first kappa shape index (κ1) is 13.6. The summed E-state index contributed by atoms with van der Waals surface area (Å²) in [7, 11) is 0. The van der Waals surface area contributed by atoms with Crippen LogP contribution in [0.25, 0.3) is 0 Å². The smallest absolute Gasteiger partial charge is 0.236 e. The van der Waals surface area contributed by atoms with E-state index in [0.717, 1.165) is 32.6 Å². The van der Waals surface area contributed by atoms with Crippen LogP contribution in [0.1, 0.15) is 31.4 Å². The van der Waals surface area contributed by atoms with Gasteiger partial charge in [-0.25, -0.2) is 0 Å². The normalized spacial score (nSPS) is 24.2. The van der Waals surface area contributed by atoms with Gasteiger partial charge in [-0.15, -0.1) is 0 Å². The number of hydrogen-bond donors (Lipinski definition) is 1. The molecule has 0 aliphatic carbocycles. The van der Waals surface area contributed by atoms with Gasteiger partial charge in [-0.2, -0.15) is 5.10 Å². The molecular formula is C15H24N4O. The van der Waals surface area contributed by atoms with Crippen LogP contribution in [0.4, 0.5) is 0 Å². The summed E-state index contributed by atoms with van der Waals surface area (Å²) in [4.78, 5) is 16.6. The summed E-state index contributed by atoms with van der Waals surface area (Å²) in [5.74, 6) is 0.972. The minimum Gasteiger partial charge on any atom is -0.342 e. The Morgan fingerprint density at radius 1 is 1.30 bits per heavy atom. The van der Waals surface area contributed by atoms with Crippen molar-refractivity contribution in [2.45, 2.75) is 32.1 Å². The van der Waals surface area contributed by atoms with Crippen LogP contribution in [-0.2, 0) is 11.2 Å². The first-order valence-corrected chi connectivity index (χ1v) is 7.79. The van der Waals surface area contributed by atoms with Crippen LogP contribution in [0.3, 0.4) is 0 Å². The first-order valence-electron chi connectivity index (χ1n) is 7.79. The Morgan fingerprint density at radius 3 is 2.90 bits per heavy atom. The number of H-pyrrole nitrogens is 1. The van der Waals surface area contributed by atoms with Crippen LogP contribution in [0, 0.1) is 5.92 Å². The Balaban J connectivity index is 1.48. The van der Waals surface area contributed by atoms with Crippen molar-refractivity contribution in [2.75, 3.05) is 32.7 Å². The lowest BCUT2D eigenvalue weighted by Gasteiger charge is -2.33. The minimum atomic E-state index is 0.324. The Bertz CT molecular complexity index is 425. The van der Waals surface area contributed by atoms with Crippen LogP contribution < -0.4 is 0 Å². The third-order valence-corrected chi connectivity index (χ3v) is 4.49. The average Bonchev–Trinajstić information content (AvgIpc) is 3.12. The summed E-state index contributed by atoms with van der Waals surface area (Å²) in [6.07, 6.45) is 7.67. The van der Waals surface area contributed by atoms with Crippen molar-refractivity contribution in [3.05, 3.63) is 18.0 Å². The molecule has 1 aromatic rings. The van der Waals surface area contributed by atoms with E-state index in [-0.39, 0.29) is 0 Å². The van der Waals surface area contributed by atoms with Gasteiger partial charge in [0.05, 0.1) is 6.54 Å². The quantitative estimate of drug-likeness (QED) is 0.901. The molecule has 110 valence electrons. The fraction of sp³-hybridized carbons (Fsp3) is 0.733. The zero-order valence-corrected chi connectivity index (χ0v) is 12.1. The molecule has 0 radical (unpaired) electrons. The van der Waals surface area contributed by atoms with Crippen molar-refractivity contribution in [3.63, 3.8) is 0 Å². The van der Waals surface area contributed by atoms with Gasteiger partial charge >= 0.3 is 0 Å². The van der Waals surface area contributed by atoms with Crippen LogP contribution in [0.5, 0.6) is 0 Å². The third-order valence-electron chi connectivity index (χ3n) is 4.49. The average molecular weight is 276 g/mol. The minimum absolute atomic E-state index is 0.324. The van der Waals surface area contributed by atoms with Crippen LogP contribution in [0.2, 0.25) is 0 Å². The molecule has 5 heteroatoms. The second-order valence-electron chi connectivity index (χ2n) is 6.12. The predicted octanol–water partition coefficient (Wildman–Crippen LogP) is 1.29. The van der Waals surface area contributed by atoms with E-state index in [0.29, 0.717) is 18.4 Å². The number of carbonyl (C=O) groups excluding carboxylic acids is 1. The van der Waals surface area contributed by atoms with Crippen molar-refractivity contribution < 1.29 is 4.79 Å². The highest BCUT2D eigenvalue weighted by atomic mass is 16.2. The number of aromatic nitrogens is 2. The number of carbonyl (C=O) groups is 1. The summed E-state index contributed by atoms with van der Waals surface area (Å²) in [6, 6.07) is 2.05. The molecule has 5 nitrogen and oxygen atoms in total. The zero-order valence-electron chi connectivity index (χ0n) is 12.1. The van der Waals surface area contributed by atoms with Crippen molar-refractivity contribution >= 4 is 5.91 Å². The van der Waals surface area contributed by atoms with Gasteiger partial charge in [0.1, 0.15) is 0 Å². The molecule has 2 fully saturated rings. The molecule has 1 amide bonds. The molecule has 1 aromatic heterocycles. The number of aromatic amines is 1. The molecule has 0 unspecified atom stereocenters. The van der Waals surface area contributed by atoms with Gasteiger partial charge in [-0.1, -0.05) is 0 Å². The van der Waals surface area contributed by atoms with Crippen molar-refractivity contribution in [3.8, 4) is 0 Å². The number of nitrogens with zero attached hydrogens (tertiary/aromatic N) is 3. The molecule has 0 bridgehead atoms. The van der Waals surface area contributed by atoms with Crippen LogP contribution >= 0.6 is 0 Å². The van der Waals surface area contributed by atoms with E-state index in [9.17, 15) is 4.79 Å². The highest BCUT2D eigenvalue weighted by Gasteiger charge is 2.25. The van der Waals surface area contributed by atoms with Gasteiger partial charge in [0, 0.05) is 31.5 Å². The summed E-state index contributed by atoms with van der Waals surface area (Å²) in [5, 5.41) is 7.05. The zero-order chi connectivity index (χ0) is 13.8. The summed E-state index contributed by atoms with van der Waals surface area (Å²) < 4.78 is 0. The van der Waals surface area contributed by atoms with Crippen molar-refractivity contribution in [2.24, 2.45) is 5.92 Å². The molecule has 0 aromatic carbocycles. The Morgan fingerprint density at radius 2 is 2.15 bits per heavy atom. The third kappa shape index (κ3) is 3.39. The molecule has 3 heterocycles. The van der Waals surface area contributed by atoms with E-state index in [1.165, 1.54) is 31.4 Å². The lowest BCUT2D eigenvalue weighted by molar-refractivity contribution is -0.131. The maximum absolute atomic E-state index is 12.2. The lowest BCUT2D eigenvalue weighted by atomic mass is 9.93. The van der Waals surface area contributed by atoms with E-state index in [2.05, 4.69) is 15.1 Å². The summed E-state index contributed by atoms with van der Waals surface area (Å²) >= 11 is 0. The number of piperidine rings is 1. The highest BCUT2D eigenvalue weighted by Crippen LogP contribution is 2.20. The number of amides is 1. The molecule has 2 aliphatic rings. The number of likely N-dealkylation sites (tertiary alicyclic amines) is 2. The number of hydrogen-bond acceptors (Lipinski definition) is 3. The predicted molar refractivity (Wildman–Crippen MR) is 77.3 cm³/mol. The number of rotatable bonds is 4. The monoisotopic (exact) mass is 276 g/mol. The standard InChI is InChI=1S/C15H24N4O/c20-15(19-8-1-2-9-19)12-18-7-3-4-13(11-18)10-14-5-6-16-17-14/h5-6,13H,1-4,7-12H2,(H,16,17)/t13-/m1/s1. The Hall–Kier alpha value is -1.36. The fourth-order valence-corrected chi connectivity index (χ4v) is 3.43. The van der Waals surface area contributed by atoms with Crippen molar-refractivity contribution in [1.82, 2.24) is 20.0 Å². The molecule has 0 saturated carbocycles. The van der Waals surface area contributed by atoms with E-state index < -0.39 is 0 Å². The topological polar surface area (TPSA) is 52.2 Å². The molecule has 2 aliphatic heterocycles. The molecule has 2 saturated heterocycles. The number of nitrogens with one attached hydrogen (secondary N) is 1. The van der Waals surface area contributed by atoms with Gasteiger partial charge in [0.25, 0.3) is 0 Å². The van der Waals surface area contributed by atoms with Crippen molar-refractivity contribution in [1.29, 1.82) is 0 Å². The second kappa shape index (κ2) is 6.39. The van der Waals surface area contributed by atoms with E-state index >= 15 is 0 Å². The second-order valence-corrected chi connectivity index (χ2v) is 6.12. The SMILES string of the molecule is O=C(CN1CCC[C@H](Cc2ccn[nH]2)C1)N1CCCC1. The Kier molecular flexibility index (Phi) is 4.35. The fourth-order valence-electron chi connectivity index (χ4n) is 3.43. The first-order chi connectivity index (χ1) is 9.81. The highest BCUT2D eigenvalue weighted by molar-refractivity contribution is 5.78. The molecule has 0 spiro atoms. The molecular weight excluding hydrogens is 252 g/mol. The summed E-state index contributed by atoms with van der Waals surface area (Å²) in [5.41, 5.74) is 1.21. The molecule has 20 heavy (non-hydrogen) atoms. The molecule has 1 atom stereocenters. The summed E-state index contributed by atoms with van der Waals surface area (Å²) in [6.45, 7) is 4.64. The molecule has 3 rings (SSSR count). The van der Waals surface area contributed by atoms with Gasteiger partial charge in [-0.3, -0.25) is 14.8 Å². The van der Waals surface area contributed by atoms with E-state index in [1.54, 1.807) is 0 Å². The van der Waals surface area contributed by atoms with E-state index in [4.69, 9.17) is 0 Å². The molecule has 1 N–H and O–H groups in total. The van der Waals surface area contributed by atoms with Gasteiger partial charge < -0.3 is 4.90 Å². The van der Waals surface area contributed by atoms with Gasteiger partial charge in [0.2, 0.25) is 5.91 Å². The maximum atomic E-state index is 12.2. The maximum Gasteiger partial charge on any atom is 0.236 e. The van der Waals surface area contributed by atoms with Gasteiger partial charge in [0.15, 0.2) is 0 Å².